The second-order valence-electron chi connectivity index (χ2n) is 11.2. The van der Waals surface area contributed by atoms with Gasteiger partial charge in [0.2, 0.25) is 0 Å². The zero-order valence-corrected chi connectivity index (χ0v) is 24.8. The number of nitrogens with zero attached hydrogens (tertiary/aromatic N) is 4. The summed E-state index contributed by atoms with van der Waals surface area (Å²) < 4.78 is 31.9. The van der Waals surface area contributed by atoms with Gasteiger partial charge in [-0.25, -0.2) is 19.0 Å². The van der Waals surface area contributed by atoms with Crippen LogP contribution in [0.25, 0.3) is 0 Å². The second kappa shape index (κ2) is 11.9. The molecular formula is C29H36FN5O5S. The van der Waals surface area contributed by atoms with E-state index < -0.39 is 17.6 Å². The number of rotatable bonds is 6. The summed E-state index contributed by atoms with van der Waals surface area (Å²) in [6.07, 6.45) is 1.12. The molecule has 1 N–H and O–H groups in total. The van der Waals surface area contributed by atoms with Crippen LogP contribution in [0.4, 0.5) is 9.18 Å². The highest BCUT2D eigenvalue weighted by Gasteiger charge is 2.44. The molecule has 2 unspecified atom stereocenters. The molecule has 0 aliphatic carbocycles. The Morgan fingerprint density at radius 2 is 2.07 bits per heavy atom. The molecule has 5 rings (SSSR count). The molecule has 220 valence electrons. The minimum absolute atomic E-state index is 0.106. The zero-order valence-electron chi connectivity index (χ0n) is 24.0. The van der Waals surface area contributed by atoms with Crippen molar-refractivity contribution < 1.29 is 28.2 Å². The molecule has 0 saturated carbocycles. The second-order valence-corrected chi connectivity index (χ2v) is 12.1. The molecule has 0 spiro atoms. The largest absolute Gasteiger partial charge is 0.463 e. The highest BCUT2D eigenvalue weighted by Crippen LogP contribution is 2.36. The molecule has 1 amide bonds. The number of esters is 1. The molecule has 0 radical (unpaired) electrons. The smallest absolute Gasteiger partial charge is 0.410 e. The fourth-order valence-corrected chi connectivity index (χ4v) is 5.99. The number of ether oxygens (including phenoxy) is 3. The van der Waals surface area contributed by atoms with E-state index in [1.807, 2.05) is 26.2 Å². The molecule has 1 aromatic carbocycles. The van der Waals surface area contributed by atoms with E-state index >= 15 is 0 Å². The number of benzene rings is 1. The summed E-state index contributed by atoms with van der Waals surface area (Å²) in [7, 11) is 0. The fourth-order valence-electron chi connectivity index (χ4n) is 5.40. The average molecular weight is 586 g/mol. The third-order valence-corrected chi connectivity index (χ3v) is 8.07. The van der Waals surface area contributed by atoms with Crippen LogP contribution in [-0.4, -0.2) is 89.8 Å². The third kappa shape index (κ3) is 6.29. The summed E-state index contributed by atoms with van der Waals surface area (Å²) in [5.41, 5.74) is 1.32. The van der Waals surface area contributed by atoms with Gasteiger partial charge in [-0.2, -0.15) is 0 Å². The predicted octanol–water partition coefficient (Wildman–Crippen LogP) is 3.82. The monoisotopic (exact) mass is 585 g/mol. The van der Waals surface area contributed by atoms with Crippen molar-refractivity contribution in [1.29, 1.82) is 0 Å². The van der Waals surface area contributed by atoms with Gasteiger partial charge in [-0.3, -0.25) is 9.89 Å². The highest BCUT2D eigenvalue weighted by atomic mass is 32.1. The molecule has 3 atom stereocenters. The van der Waals surface area contributed by atoms with Crippen molar-refractivity contribution in [3.63, 3.8) is 0 Å². The lowest BCUT2D eigenvalue weighted by molar-refractivity contribution is -0.139. The van der Waals surface area contributed by atoms with E-state index in [-0.39, 0.29) is 30.7 Å². The van der Waals surface area contributed by atoms with E-state index in [1.165, 1.54) is 17.4 Å². The predicted molar refractivity (Wildman–Crippen MR) is 152 cm³/mol. The van der Waals surface area contributed by atoms with Crippen molar-refractivity contribution >= 4 is 29.2 Å². The van der Waals surface area contributed by atoms with Crippen molar-refractivity contribution in [2.75, 3.05) is 39.4 Å². The lowest BCUT2D eigenvalue weighted by Gasteiger charge is -2.38. The van der Waals surface area contributed by atoms with Crippen molar-refractivity contribution in [3.8, 4) is 0 Å². The molecule has 10 nitrogen and oxygen atoms in total. The quantitative estimate of drug-likeness (QED) is 0.511. The minimum Gasteiger partial charge on any atom is -0.463 e. The third-order valence-electron chi connectivity index (χ3n) is 7.29. The summed E-state index contributed by atoms with van der Waals surface area (Å²) in [6.45, 7) is 11.4. The van der Waals surface area contributed by atoms with Crippen LogP contribution < -0.4 is 5.32 Å². The first-order valence-corrected chi connectivity index (χ1v) is 14.7. The van der Waals surface area contributed by atoms with Crippen LogP contribution in [-0.2, 0) is 19.0 Å². The number of aromatic nitrogens is 1. The maximum absolute atomic E-state index is 14.7. The number of hydrogen-bond acceptors (Lipinski definition) is 10. The van der Waals surface area contributed by atoms with E-state index in [9.17, 15) is 14.0 Å². The van der Waals surface area contributed by atoms with Gasteiger partial charge in [-0.05, 0) is 51.8 Å². The Morgan fingerprint density at radius 1 is 1.27 bits per heavy atom. The Bertz CT molecular complexity index is 1360. The van der Waals surface area contributed by atoms with Gasteiger partial charge in [0, 0.05) is 36.9 Å². The minimum atomic E-state index is -0.793. The number of carbonyl (C=O) groups excluding carboxylic acids is 2. The molecule has 3 aliphatic heterocycles. The standard InChI is InChI=1S/C29H36FN5O5S/c1-6-38-27(36)23-20(14-34-11-12-39-22-16-35(15-21(22)34)28(37)40-29(3,4)5)32-25(26-31-10-13-41-26)33-24(23)18-8-7-9-19(30)17(18)2/h7-10,13,21-22,24H,6,11-12,14-16H2,1-5H3,(H,32,33)/t21?,22?,24-/m0/s1. The summed E-state index contributed by atoms with van der Waals surface area (Å²) in [6, 6.07) is 3.90. The zero-order chi connectivity index (χ0) is 29.3. The SMILES string of the molecule is CCOC(=O)C1=C(CN2CCOC3CN(C(=O)OC(C)(C)C)CC32)NC(c2nccs2)=N[C@H]1c1cccc(F)c1C. The van der Waals surface area contributed by atoms with E-state index in [2.05, 4.69) is 15.2 Å². The average Bonchev–Trinajstić information content (AvgIpc) is 3.60. The van der Waals surface area contributed by atoms with Crippen LogP contribution in [0.1, 0.15) is 49.9 Å². The fraction of sp³-hybridized carbons (Fsp3) is 0.517. The van der Waals surface area contributed by atoms with Crippen molar-refractivity contribution in [2.45, 2.75) is 58.4 Å². The Kier molecular flexibility index (Phi) is 8.44. The van der Waals surface area contributed by atoms with Crippen LogP contribution in [0.3, 0.4) is 0 Å². The Morgan fingerprint density at radius 3 is 2.78 bits per heavy atom. The Hall–Kier alpha value is -3.35. The number of fused-ring (bicyclic) bond motifs is 1. The van der Waals surface area contributed by atoms with Gasteiger partial charge in [-0.1, -0.05) is 12.1 Å². The maximum Gasteiger partial charge on any atom is 0.410 e. The highest BCUT2D eigenvalue weighted by molar-refractivity contribution is 7.11. The number of hydrogen-bond donors (Lipinski definition) is 1. The molecule has 2 fully saturated rings. The van der Waals surface area contributed by atoms with Gasteiger partial charge in [0.1, 0.15) is 17.5 Å². The van der Waals surface area contributed by atoms with Crippen molar-refractivity contribution in [1.82, 2.24) is 20.1 Å². The molecule has 12 heteroatoms. The summed E-state index contributed by atoms with van der Waals surface area (Å²) in [5.74, 6) is -0.387. The van der Waals surface area contributed by atoms with E-state index in [0.29, 0.717) is 66.0 Å². The summed E-state index contributed by atoms with van der Waals surface area (Å²) >= 11 is 1.42. The van der Waals surface area contributed by atoms with Gasteiger partial charge < -0.3 is 24.4 Å². The van der Waals surface area contributed by atoms with Gasteiger partial charge in [0.25, 0.3) is 0 Å². The first kappa shape index (κ1) is 29.2. The summed E-state index contributed by atoms with van der Waals surface area (Å²) in [5, 5.41) is 5.87. The molecule has 0 bridgehead atoms. The topological polar surface area (TPSA) is 106 Å². The van der Waals surface area contributed by atoms with E-state index in [0.717, 1.165) is 0 Å². The van der Waals surface area contributed by atoms with Gasteiger partial charge in [0.05, 0.1) is 37.5 Å². The number of nitrogens with one attached hydrogen (secondary N) is 1. The first-order chi connectivity index (χ1) is 19.6. The first-order valence-electron chi connectivity index (χ1n) is 13.8. The lowest BCUT2D eigenvalue weighted by atomic mass is 9.92. The summed E-state index contributed by atoms with van der Waals surface area (Å²) in [4.78, 5) is 39.5. The molecule has 41 heavy (non-hydrogen) atoms. The van der Waals surface area contributed by atoms with Crippen LogP contribution in [0.2, 0.25) is 0 Å². The normalized spacial score (nSPS) is 23.1. The van der Waals surface area contributed by atoms with Crippen LogP contribution in [0, 0.1) is 12.7 Å². The Balaban J connectivity index is 1.51. The molecule has 2 saturated heterocycles. The number of amidine groups is 1. The van der Waals surface area contributed by atoms with Gasteiger partial charge in [0.15, 0.2) is 10.8 Å². The van der Waals surface area contributed by atoms with Crippen molar-refractivity contribution in [3.05, 3.63) is 63.0 Å². The van der Waals surface area contributed by atoms with Crippen molar-refractivity contribution in [2.24, 2.45) is 4.99 Å². The van der Waals surface area contributed by atoms with Crippen LogP contribution in [0.5, 0.6) is 0 Å². The number of thiazole rings is 1. The van der Waals surface area contributed by atoms with E-state index in [1.54, 1.807) is 37.1 Å². The maximum atomic E-state index is 14.7. The Labute approximate surface area is 243 Å². The lowest BCUT2D eigenvalue weighted by Crippen LogP contribution is -2.53. The van der Waals surface area contributed by atoms with Gasteiger partial charge >= 0.3 is 12.1 Å². The van der Waals surface area contributed by atoms with Crippen LogP contribution >= 0.6 is 11.3 Å². The molecule has 2 aromatic rings. The molecule has 4 heterocycles. The molecular weight excluding hydrogens is 549 g/mol. The van der Waals surface area contributed by atoms with Crippen LogP contribution in [0.15, 0.2) is 46.0 Å². The van der Waals surface area contributed by atoms with E-state index in [4.69, 9.17) is 19.2 Å². The number of aliphatic imine (C=N–C) groups is 1. The number of likely N-dealkylation sites (tertiary alicyclic amines) is 1. The van der Waals surface area contributed by atoms with Gasteiger partial charge in [-0.15, -0.1) is 11.3 Å². The number of morpholine rings is 1. The number of carbonyl (C=O) groups is 2. The number of amides is 1. The molecule has 3 aliphatic rings. The molecule has 1 aromatic heterocycles. The number of halogens is 1.